The zero-order valence-corrected chi connectivity index (χ0v) is 7.52. The summed E-state index contributed by atoms with van der Waals surface area (Å²) >= 11 is 3.23. The molecule has 0 fully saturated rings. The second-order valence-electron chi connectivity index (χ2n) is 1.55. The van der Waals surface area contributed by atoms with E-state index in [1.165, 1.54) is 0 Å². The Labute approximate surface area is 73.4 Å². The molecule has 0 saturated carbocycles. The lowest BCUT2D eigenvalue weighted by atomic mass is 10.2. The lowest BCUT2D eigenvalue weighted by Crippen LogP contribution is -2.30. The molecule has 0 rings (SSSR count). The van der Waals surface area contributed by atoms with Crippen LogP contribution in [0.15, 0.2) is 0 Å². The summed E-state index contributed by atoms with van der Waals surface area (Å²) < 4.78 is 14.2. The maximum Gasteiger partial charge on any atom is 0.320 e. The summed E-state index contributed by atoms with van der Waals surface area (Å²) in [6.45, 7) is 0. The molecule has 0 radical (unpaired) electrons. The third-order valence-electron chi connectivity index (χ3n) is 0.757. The second kappa shape index (κ2) is 9.73. The van der Waals surface area contributed by atoms with E-state index in [0.29, 0.717) is 12.2 Å². The third-order valence-corrected chi connectivity index (χ3v) is 1.02. The van der Waals surface area contributed by atoms with Gasteiger partial charge >= 0.3 is 5.97 Å². The van der Waals surface area contributed by atoms with Crippen molar-refractivity contribution in [2.75, 3.05) is 5.75 Å². The quantitative estimate of drug-likeness (QED) is 0.367. The Bertz CT molecular complexity index is 146. The monoisotopic (exact) mass is 199 g/mol. The summed E-state index contributed by atoms with van der Waals surface area (Å²) in [5, 5.41) is 8.15. The Morgan fingerprint density at radius 1 is 1.82 bits per heavy atom. The number of aliphatic carboxylic acids is 1. The van der Waals surface area contributed by atoms with Crippen molar-refractivity contribution in [1.29, 1.82) is 4.78 Å². The fourth-order valence-corrected chi connectivity index (χ4v) is 0.541. The Morgan fingerprint density at radius 2 is 2.18 bits per heavy atom. The van der Waals surface area contributed by atoms with Crippen LogP contribution in [0.5, 0.6) is 0 Å². The highest BCUT2D eigenvalue weighted by molar-refractivity contribution is 7.80. The Balaban J connectivity index is 0. The van der Waals surface area contributed by atoms with Gasteiger partial charge in [-0.15, -0.1) is 0 Å². The lowest BCUT2D eigenvalue weighted by Gasteiger charge is -2.00. The van der Waals surface area contributed by atoms with E-state index in [9.17, 15) is 4.79 Å². The number of hydrogen-bond donors (Lipinski definition) is 4. The largest absolute Gasteiger partial charge is 0.480 e. The van der Waals surface area contributed by atoms with Gasteiger partial charge in [-0.05, 0) is 12.2 Å². The van der Waals surface area contributed by atoms with Crippen molar-refractivity contribution in [3.05, 3.63) is 0 Å². The topological polar surface area (TPSA) is 104 Å². The molecule has 68 valence electrons. The van der Waals surface area contributed by atoms with Gasteiger partial charge in [0.2, 0.25) is 0 Å². The van der Waals surface area contributed by atoms with Gasteiger partial charge in [0, 0.05) is 0 Å². The van der Waals surface area contributed by atoms with Gasteiger partial charge in [0.1, 0.15) is 6.04 Å². The van der Waals surface area contributed by atoms with Gasteiger partial charge in [0.15, 0.2) is 0 Å². The minimum absolute atomic E-state index is 0.429. The number of nitrogens with two attached hydrogens (primary N) is 1. The van der Waals surface area contributed by atoms with Gasteiger partial charge in [-0.25, -0.2) is 11.5 Å². The number of hydrogen-bond acceptors (Lipinski definition) is 6. The highest BCUT2D eigenvalue weighted by Gasteiger charge is 2.08. The lowest BCUT2D eigenvalue weighted by molar-refractivity contribution is -0.138. The van der Waals surface area contributed by atoms with Crippen LogP contribution in [0.1, 0.15) is 6.42 Å². The Hall–Kier alpha value is -0.270. The molecule has 0 heterocycles. The summed E-state index contributed by atoms with van der Waals surface area (Å²) in [6, 6.07) is -0.743. The van der Waals surface area contributed by atoms with E-state index in [-0.39, 0.29) is 0 Å². The molecule has 4 N–H and O–H groups in total. The molecule has 7 heteroatoms. The van der Waals surface area contributed by atoms with Gasteiger partial charge in [0.05, 0.1) is 0 Å². The summed E-state index contributed by atoms with van der Waals surface area (Å²) in [5.41, 5.74) is 5.08. The summed E-state index contributed by atoms with van der Waals surface area (Å²) in [5.74, 6) is -0.438. The van der Waals surface area contributed by atoms with Crippen LogP contribution >= 0.6 is 12.6 Å². The van der Waals surface area contributed by atoms with Gasteiger partial charge in [-0.1, -0.05) is 0 Å². The van der Waals surface area contributed by atoms with E-state index in [1.54, 1.807) is 0 Å². The third kappa shape index (κ3) is 12.8. The van der Waals surface area contributed by atoms with Gasteiger partial charge in [0.25, 0.3) is 0 Å². The van der Waals surface area contributed by atoms with Crippen molar-refractivity contribution in [2.45, 2.75) is 12.5 Å². The van der Waals surface area contributed by atoms with Crippen LogP contribution in [-0.4, -0.2) is 22.9 Å². The molecule has 0 aromatic rings. The standard InChI is InChI=1S/C4H9NO2S.H2NOS/c5-3(1-2-8)4(6)7;1-3-2/h3,8H,1-2,5H2,(H,6,7);1,3H/q;-1/t3-;/m0./s1. The van der Waals surface area contributed by atoms with Crippen LogP contribution in [0.3, 0.4) is 0 Å². The molecule has 0 amide bonds. The minimum atomic E-state index is -0.959. The van der Waals surface area contributed by atoms with Crippen molar-refractivity contribution in [3.8, 4) is 0 Å². The van der Waals surface area contributed by atoms with E-state index in [4.69, 9.17) is 19.8 Å². The molecular weight excluding hydrogens is 188 g/mol. The number of carboxylic acids is 1. The van der Waals surface area contributed by atoms with E-state index in [2.05, 4.69) is 12.6 Å². The SMILES string of the molecule is N=[SH-]=O.N[C@@H](CCS)C(=O)O. The number of nitrogens with one attached hydrogen (secondary N) is 1. The van der Waals surface area contributed by atoms with Gasteiger partial charge < -0.3 is 19.8 Å². The average Bonchev–Trinajstić information content (AvgIpc) is 1.90. The molecule has 11 heavy (non-hydrogen) atoms. The molecule has 5 nitrogen and oxygen atoms in total. The Morgan fingerprint density at radius 3 is 2.27 bits per heavy atom. The van der Waals surface area contributed by atoms with E-state index < -0.39 is 23.5 Å². The van der Waals surface area contributed by atoms with E-state index in [0.717, 1.165) is 0 Å². The van der Waals surface area contributed by atoms with Crippen molar-refractivity contribution < 1.29 is 14.1 Å². The first-order valence-corrected chi connectivity index (χ1v) is 4.13. The average molecular weight is 199 g/mol. The fraction of sp³-hybridized carbons (Fsp3) is 0.750. The molecule has 0 aromatic heterocycles. The van der Waals surface area contributed by atoms with E-state index >= 15 is 0 Å². The van der Waals surface area contributed by atoms with Crippen LogP contribution in [0.2, 0.25) is 0 Å². The molecule has 0 bridgehead atoms. The summed E-state index contributed by atoms with van der Waals surface area (Å²) in [6.07, 6.45) is 0.429. The molecule has 1 atom stereocenters. The number of thiol groups is 2. The van der Waals surface area contributed by atoms with Crippen molar-refractivity contribution >= 4 is 30.1 Å². The molecule has 0 unspecified atom stereocenters. The fourth-order valence-electron chi connectivity index (χ4n) is 0.263. The predicted molar refractivity (Wildman–Crippen MR) is 46.2 cm³/mol. The number of carboxylic acid groups (broad SMARTS) is 1. The zero-order chi connectivity index (χ0) is 9.28. The highest BCUT2D eigenvalue weighted by Crippen LogP contribution is 1.88. The molecule has 0 saturated heterocycles. The maximum atomic E-state index is 9.93. The van der Waals surface area contributed by atoms with Crippen LogP contribution in [0.4, 0.5) is 0 Å². The van der Waals surface area contributed by atoms with Crippen molar-refractivity contribution in [3.63, 3.8) is 0 Å². The predicted octanol–water partition coefficient (Wildman–Crippen LogP) is -0.373. The first-order chi connectivity index (χ1) is 5.09. The van der Waals surface area contributed by atoms with E-state index in [1.807, 2.05) is 0 Å². The van der Waals surface area contributed by atoms with Crippen LogP contribution < -0.4 is 5.73 Å². The normalized spacial score (nSPS) is 11.1. The first-order valence-electron chi connectivity index (χ1n) is 2.68. The summed E-state index contributed by atoms with van der Waals surface area (Å²) in [7, 11) is 0. The van der Waals surface area contributed by atoms with Crippen molar-refractivity contribution in [2.24, 2.45) is 5.73 Å². The molecule has 0 spiro atoms. The Kier molecular flexibility index (Phi) is 11.8. The molecule has 0 aliphatic heterocycles. The van der Waals surface area contributed by atoms with Crippen LogP contribution in [0.25, 0.3) is 0 Å². The highest BCUT2D eigenvalue weighted by atomic mass is 32.1. The zero-order valence-electron chi connectivity index (χ0n) is 5.73. The second-order valence-corrected chi connectivity index (χ2v) is 2.18. The molecule has 0 aromatic carbocycles. The minimum Gasteiger partial charge on any atom is -0.480 e. The summed E-state index contributed by atoms with van der Waals surface area (Å²) in [4.78, 5) is 9.93. The van der Waals surface area contributed by atoms with Crippen LogP contribution in [-0.2, 0) is 20.5 Å². The number of carbonyl (C=O) groups is 1. The van der Waals surface area contributed by atoms with Crippen LogP contribution in [0, 0.1) is 4.78 Å². The van der Waals surface area contributed by atoms with Gasteiger partial charge in [-0.2, -0.15) is 12.6 Å². The number of rotatable bonds is 3. The molecule has 0 aliphatic carbocycles. The smallest absolute Gasteiger partial charge is 0.320 e. The maximum absolute atomic E-state index is 9.93. The molecule has 0 aliphatic rings. The molecular formula is C4H11N2O3S2-. The van der Waals surface area contributed by atoms with Gasteiger partial charge in [-0.3, -0.25) is 4.79 Å². The first kappa shape index (κ1) is 13.3. The van der Waals surface area contributed by atoms with Crippen molar-refractivity contribution in [1.82, 2.24) is 0 Å².